The van der Waals surface area contributed by atoms with Gasteiger partial charge in [0.1, 0.15) is 0 Å². The van der Waals surface area contributed by atoms with Crippen LogP contribution in [-0.2, 0) is 0 Å². The van der Waals surface area contributed by atoms with Crippen molar-refractivity contribution in [2.75, 3.05) is 0 Å². The molecule has 0 heterocycles. The standard InChI is InChI=1S/C10H19N/c1-6-4-9(11)8-5-7(6)10(8,2)3/h6-9H,4-5,11H2,1-3H3/t6-,7+,8-,9+/m0/s1. The SMILES string of the molecule is C[C@H]1C[C@@H](N)[C@@H]2C[C@H]1C2(C)C. The lowest BCUT2D eigenvalue weighted by Gasteiger charge is -2.62. The first kappa shape index (κ1) is 7.60. The Labute approximate surface area is 69.4 Å². The van der Waals surface area contributed by atoms with Gasteiger partial charge in [-0.15, -0.1) is 0 Å². The van der Waals surface area contributed by atoms with Gasteiger partial charge < -0.3 is 5.73 Å². The molecule has 0 aromatic carbocycles. The van der Waals surface area contributed by atoms with Crippen molar-refractivity contribution in [2.45, 2.75) is 39.7 Å². The van der Waals surface area contributed by atoms with Crippen molar-refractivity contribution in [3.05, 3.63) is 0 Å². The van der Waals surface area contributed by atoms with E-state index >= 15 is 0 Å². The molecular formula is C10H19N. The Morgan fingerprint density at radius 2 is 1.82 bits per heavy atom. The van der Waals surface area contributed by atoms with Crippen molar-refractivity contribution >= 4 is 0 Å². The van der Waals surface area contributed by atoms with Crippen molar-refractivity contribution in [2.24, 2.45) is 28.9 Å². The zero-order valence-corrected chi connectivity index (χ0v) is 7.80. The van der Waals surface area contributed by atoms with Crippen LogP contribution in [0.2, 0.25) is 0 Å². The molecule has 0 aromatic heterocycles. The van der Waals surface area contributed by atoms with Crippen LogP contribution in [0.15, 0.2) is 0 Å². The minimum absolute atomic E-state index is 0.491. The molecular weight excluding hydrogens is 134 g/mol. The molecule has 3 fully saturated rings. The summed E-state index contributed by atoms with van der Waals surface area (Å²) in [6.07, 6.45) is 2.66. The van der Waals surface area contributed by atoms with Gasteiger partial charge in [0.2, 0.25) is 0 Å². The predicted octanol–water partition coefficient (Wildman–Crippen LogP) is 2.02. The van der Waals surface area contributed by atoms with Crippen molar-refractivity contribution < 1.29 is 0 Å². The van der Waals surface area contributed by atoms with Gasteiger partial charge in [0.15, 0.2) is 0 Å². The molecule has 0 spiro atoms. The lowest BCUT2D eigenvalue weighted by atomic mass is 9.44. The first-order valence-electron chi connectivity index (χ1n) is 4.79. The van der Waals surface area contributed by atoms with E-state index in [9.17, 15) is 0 Å². The van der Waals surface area contributed by atoms with Gasteiger partial charge in [-0.1, -0.05) is 20.8 Å². The number of nitrogens with two attached hydrogens (primary N) is 1. The van der Waals surface area contributed by atoms with Crippen LogP contribution in [0.1, 0.15) is 33.6 Å². The molecule has 3 saturated carbocycles. The second-order valence-corrected chi connectivity index (χ2v) is 5.15. The molecule has 64 valence electrons. The fourth-order valence-corrected chi connectivity index (χ4v) is 3.45. The topological polar surface area (TPSA) is 26.0 Å². The van der Waals surface area contributed by atoms with E-state index in [1.807, 2.05) is 0 Å². The Bertz CT molecular complexity index is 158. The molecule has 2 N–H and O–H groups in total. The van der Waals surface area contributed by atoms with Crippen LogP contribution < -0.4 is 5.73 Å². The smallest absolute Gasteiger partial charge is 0.00751 e. The van der Waals surface area contributed by atoms with Crippen molar-refractivity contribution in [1.82, 2.24) is 0 Å². The average molecular weight is 153 g/mol. The van der Waals surface area contributed by atoms with Crippen molar-refractivity contribution in [1.29, 1.82) is 0 Å². The molecule has 1 heteroatoms. The van der Waals surface area contributed by atoms with Crippen LogP contribution in [0.25, 0.3) is 0 Å². The molecule has 0 saturated heterocycles. The summed E-state index contributed by atoms with van der Waals surface area (Å²) in [6.45, 7) is 7.14. The molecule has 4 atom stereocenters. The molecule has 0 radical (unpaired) electrons. The van der Waals surface area contributed by atoms with Gasteiger partial charge in [0, 0.05) is 6.04 Å². The molecule has 3 rings (SSSR count). The summed E-state index contributed by atoms with van der Waals surface area (Å²) in [5, 5.41) is 0. The minimum atomic E-state index is 0.491. The summed E-state index contributed by atoms with van der Waals surface area (Å²) >= 11 is 0. The van der Waals surface area contributed by atoms with Gasteiger partial charge in [0.05, 0.1) is 0 Å². The predicted molar refractivity (Wildman–Crippen MR) is 47.1 cm³/mol. The maximum Gasteiger partial charge on any atom is 0.00751 e. The van der Waals surface area contributed by atoms with Gasteiger partial charge in [-0.25, -0.2) is 0 Å². The number of hydrogen-bond donors (Lipinski definition) is 1. The fourth-order valence-electron chi connectivity index (χ4n) is 3.45. The first-order valence-corrected chi connectivity index (χ1v) is 4.79. The van der Waals surface area contributed by atoms with Gasteiger partial charge >= 0.3 is 0 Å². The normalized spacial score (nSPS) is 53.5. The molecule has 2 bridgehead atoms. The third-order valence-corrected chi connectivity index (χ3v) is 4.27. The highest BCUT2D eigenvalue weighted by Crippen LogP contribution is 2.60. The molecule has 0 aliphatic heterocycles. The molecule has 3 aliphatic rings. The van der Waals surface area contributed by atoms with Gasteiger partial charge in [-0.05, 0) is 36.0 Å². The van der Waals surface area contributed by atoms with Gasteiger partial charge in [-0.2, -0.15) is 0 Å². The van der Waals surface area contributed by atoms with E-state index in [1.54, 1.807) is 0 Å². The second-order valence-electron chi connectivity index (χ2n) is 5.15. The third kappa shape index (κ3) is 0.807. The summed E-state index contributed by atoms with van der Waals surface area (Å²) in [6, 6.07) is 0.491. The highest BCUT2D eigenvalue weighted by atomic mass is 14.8. The highest BCUT2D eigenvalue weighted by Gasteiger charge is 2.56. The van der Waals surface area contributed by atoms with E-state index in [1.165, 1.54) is 12.8 Å². The van der Waals surface area contributed by atoms with E-state index in [0.29, 0.717) is 11.5 Å². The van der Waals surface area contributed by atoms with Crippen LogP contribution in [-0.4, -0.2) is 6.04 Å². The van der Waals surface area contributed by atoms with E-state index in [-0.39, 0.29) is 0 Å². The van der Waals surface area contributed by atoms with Crippen LogP contribution >= 0.6 is 0 Å². The Kier molecular flexibility index (Phi) is 1.39. The summed E-state index contributed by atoms with van der Waals surface area (Å²) in [7, 11) is 0. The first-order chi connectivity index (χ1) is 5.03. The number of hydrogen-bond acceptors (Lipinski definition) is 1. The van der Waals surface area contributed by atoms with Gasteiger partial charge in [-0.3, -0.25) is 0 Å². The van der Waals surface area contributed by atoms with Crippen LogP contribution in [0, 0.1) is 23.2 Å². The largest absolute Gasteiger partial charge is 0.327 e. The average Bonchev–Trinajstić information content (AvgIpc) is 1.84. The maximum atomic E-state index is 6.08. The zero-order chi connectivity index (χ0) is 8.22. The lowest BCUT2D eigenvalue weighted by Crippen LogP contribution is -2.60. The molecule has 1 nitrogen and oxygen atoms in total. The Hall–Kier alpha value is -0.0400. The monoisotopic (exact) mass is 153 g/mol. The van der Waals surface area contributed by atoms with E-state index in [2.05, 4.69) is 20.8 Å². The Morgan fingerprint density at radius 3 is 2.18 bits per heavy atom. The summed E-state index contributed by atoms with van der Waals surface area (Å²) < 4.78 is 0. The summed E-state index contributed by atoms with van der Waals surface area (Å²) in [5.41, 5.74) is 6.63. The highest BCUT2D eigenvalue weighted by molar-refractivity contribution is 5.07. The van der Waals surface area contributed by atoms with Crippen LogP contribution in [0.5, 0.6) is 0 Å². The fraction of sp³-hybridized carbons (Fsp3) is 1.00. The quantitative estimate of drug-likeness (QED) is 0.566. The minimum Gasteiger partial charge on any atom is -0.327 e. The third-order valence-electron chi connectivity index (χ3n) is 4.27. The Balaban J connectivity index is 2.20. The van der Waals surface area contributed by atoms with Gasteiger partial charge in [0.25, 0.3) is 0 Å². The maximum absolute atomic E-state index is 6.08. The second kappa shape index (κ2) is 2.01. The Morgan fingerprint density at radius 1 is 1.18 bits per heavy atom. The lowest BCUT2D eigenvalue weighted by molar-refractivity contribution is -0.111. The van der Waals surface area contributed by atoms with Crippen molar-refractivity contribution in [3.63, 3.8) is 0 Å². The molecule has 0 unspecified atom stereocenters. The van der Waals surface area contributed by atoms with Crippen LogP contribution in [0.4, 0.5) is 0 Å². The molecule has 0 aromatic rings. The zero-order valence-electron chi connectivity index (χ0n) is 7.80. The number of rotatable bonds is 0. The molecule has 0 amide bonds. The van der Waals surface area contributed by atoms with E-state index in [0.717, 1.165) is 17.8 Å². The molecule has 3 aliphatic carbocycles. The van der Waals surface area contributed by atoms with E-state index < -0.39 is 0 Å². The van der Waals surface area contributed by atoms with Crippen molar-refractivity contribution in [3.8, 4) is 0 Å². The number of fused-ring (bicyclic) bond motifs is 2. The van der Waals surface area contributed by atoms with Crippen LogP contribution in [0.3, 0.4) is 0 Å². The summed E-state index contributed by atoms with van der Waals surface area (Å²) in [4.78, 5) is 0. The molecule has 11 heavy (non-hydrogen) atoms. The van der Waals surface area contributed by atoms with E-state index in [4.69, 9.17) is 5.73 Å². The summed E-state index contributed by atoms with van der Waals surface area (Å²) in [5.74, 6) is 2.65.